The molecule has 0 saturated heterocycles. The van der Waals surface area contributed by atoms with Gasteiger partial charge < -0.3 is 10.8 Å². The zero-order valence-electron chi connectivity index (χ0n) is 17.5. The summed E-state index contributed by atoms with van der Waals surface area (Å²) in [6.45, 7) is 4.31. The molecule has 1 aliphatic carbocycles. The summed E-state index contributed by atoms with van der Waals surface area (Å²) in [6, 6.07) is 13.8. The largest absolute Gasteiger partial charge is 0.390 e. The van der Waals surface area contributed by atoms with Gasteiger partial charge in [0.05, 0.1) is 23.0 Å². The van der Waals surface area contributed by atoms with Crippen LogP contribution in [0.15, 0.2) is 59.8 Å². The molecule has 0 atom stereocenters. The number of rotatable bonds is 4. The second-order valence-electron chi connectivity index (χ2n) is 8.62. The van der Waals surface area contributed by atoms with E-state index >= 15 is 0 Å². The fourth-order valence-electron chi connectivity index (χ4n) is 4.68. The minimum Gasteiger partial charge on any atom is -0.390 e. The van der Waals surface area contributed by atoms with Gasteiger partial charge >= 0.3 is 0 Å². The Balaban J connectivity index is 1.67. The summed E-state index contributed by atoms with van der Waals surface area (Å²) in [7, 11) is 0. The molecule has 1 saturated carbocycles. The van der Waals surface area contributed by atoms with E-state index < -0.39 is 11.1 Å². The number of benzene rings is 1. The number of hydrogen-bond acceptors (Lipinski definition) is 6. The summed E-state index contributed by atoms with van der Waals surface area (Å²) in [4.78, 5) is 23.9. The van der Waals surface area contributed by atoms with E-state index in [0.717, 1.165) is 27.3 Å². The van der Waals surface area contributed by atoms with Crippen molar-refractivity contribution in [3.8, 4) is 21.7 Å². The second kappa shape index (κ2) is 7.09. The SMILES string of the molecule is CCn1cnc2sc(-c3ccc(C4(N)CC(C)(O)C4)cc3)c(-c3ccccn3)c2c1=O. The van der Waals surface area contributed by atoms with Crippen LogP contribution in [-0.2, 0) is 12.1 Å². The second-order valence-corrected chi connectivity index (χ2v) is 9.62. The summed E-state index contributed by atoms with van der Waals surface area (Å²) >= 11 is 1.50. The Labute approximate surface area is 184 Å². The Morgan fingerprint density at radius 1 is 1.16 bits per heavy atom. The number of thiophene rings is 1. The van der Waals surface area contributed by atoms with Crippen LogP contribution in [0.5, 0.6) is 0 Å². The van der Waals surface area contributed by atoms with E-state index in [1.807, 2.05) is 56.3 Å². The molecular formula is C24H24N4O2S. The molecule has 0 spiro atoms. The van der Waals surface area contributed by atoms with Gasteiger partial charge in [-0.25, -0.2) is 4.98 Å². The van der Waals surface area contributed by atoms with E-state index in [1.165, 1.54) is 11.3 Å². The lowest BCUT2D eigenvalue weighted by Crippen LogP contribution is -2.58. The van der Waals surface area contributed by atoms with Crippen molar-refractivity contribution < 1.29 is 5.11 Å². The van der Waals surface area contributed by atoms with Crippen LogP contribution in [-0.4, -0.2) is 25.2 Å². The number of aliphatic hydroxyl groups is 1. The van der Waals surface area contributed by atoms with Crippen LogP contribution in [0.1, 0.15) is 32.3 Å². The molecule has 31 heavy (non-hydrogen) atoms. The highest BCUT2D eigenvalue weighted by molar-refractivity contribution is 7.22. The van der Waals surface area contributed by atoms with E-state index in [0.29, 0.717) is 29.6 Å². The lowest BCUT2D eigenvalue weighted by atomic mass is 9.63. The lowest BCUT2D eigenvalue weighted by molar-refractivity contribution is -0.0738. The zero-order valence-corrected chi connectivity index (χ0v) is 18.3. The van der Waals surface area contributed by atoms with Crippen LogP contribution >= 0.6 is 11.3 Å². The van der Waals surface area contributed by atoms with E-state index in [2.05, 4.69) is 9.97 Å². The number of nitrogens with zero attached hydrogens (tertiary/aromatic N) is 3. The van der Waals surface area contributed by atoms with Gasteiger partial charge in [-0.1, -0.05) is 30.3 Å². The number of aromatic nitrogens is 3. The number of hydrogen-bond donors (Lipinski definition) is 2. The van der Waals surface area contributed by atoms with E-state index in [1.54, 1.807) is 17.1 Å². The summed E-state index contributed by atoms with van der Waals surface area (Å²) < 4.78 is 1.62. The van der Waals surface area contributed by atoms with Crippen molar-refractivity contribution in [3.63, 3.8) is 0 Å². The molecule has 3 N–H and O–H groups in total. The Kier molecular flexibility index (Phi) is 4.58. The molecule has 158 valence electrons. The number of pyridine rings is 1. The Morgan fingerprint density at radius 3 is 2.52 bits per heavy atom. The van der Waals surface area contributed by atoms with Crippen LogP contribution < -0.4 is 11.3 Å². The molecule has 0 bridgehead atoms. The standard InChI is InChI=1S/C24H24N4O2S/c1-3-28-14-27-21-19(22(28)29)18(17-6-4-5-11-26-17)20(31-21)15-7-9-16(10-8-15)24(25)12-23(2,30)13-24/h4-11,14,30H,3,12-13,25H2,1-2H3. The molecule has 6 nitrogen and oxygen atoms in total. The van der Waals surface area contributed by atoms with Gasteiger partial charge in [-0.2, -0.15) is 0 Å². The number of nitrogens with two attached hydrogens (primary N) is 1. The molecule has 1 aromatic carbocycles. The first-order valence-electron chi connectivity index (χ1n) is 10.4. The maximum absolute atomic E-state index is 13.2. The summed E-state index contributed by atoms with van der Waals surface area (Å²) in [5.74, 6) is 0. The van der Waals surface area contributed by atoms with Gasteiger partial charge in [-0.15, -0.1) is 11.3 Å². The maximum atomic E-state index is 13.2. The molecule has 1 fully saturated rings. The molecule has 0 amide bonds. The van der Waals surface area contributed by atoms with Gasteiger partial charge in [0.2, 0.25) is 0 Å². The van der Waals surface area contributed by atoms with Crippen molar-refractivity contribution in [2.45, 2.75) is 44.4 Å². The minimum absolute atomic E-state index is 0.0510. The van der Waals surface area contributed by atoms with Gasteiger partial charge in [-0.05, 0) is 49.9 Å². The summed E-state index contributed by atoms with van der Waals surface area (Å²) in [6.07, 6.45) is 4.43. The molecular weight excluding hydrogens is 408 g/mol. The van der Waals surface area contributed by atoms with Crippen LogP contribution in [0.25, 0.3) is 31.9 Å². The van der Waals surface area contributed by atoms with Crippen molar-refractivity contribution in [2.24, 2.45) is 5.73 Å². The smallest absolute Gasteiger partial charge is 0.262 e. The molecule has 1 aliphatic rings. The highest BCUT2D eigenvalue weighted by atomic mass is 32.1. The van der Waals surface area contributed by atoms with E-state index in [-0.39, 0.29) is 5.56 Å². The molecule has 0 aliphatic heterocycles. The van der Waals surface area contributed by atoms with Gasteiger partial charge in [0.1, 0.15) is 4.83 Å². The highest BCUT2D eigenvalue weighted by Gasteiger charge is 2.49. The van der Waals surface area contributed by atoms with Crippen molar-refractivity contribution in [1.29, 1.82) is 0 Å². The molecule has 3 aromatic heterocycles. The predicted octanol–water partition coefficient (Wildman–Crippen LogP) is 3.91. The van der Waals surface area contributed by atoms with Crippen molar-refractivity contribution in [3.05, 3.63) is 70.9 Å². The van der Waals surface area contributed by atoms with Gasteiger partial charge in [0.25, 0.3) is 5.56 Å². The third-order valence-corrected chi connectivity index (χ3v) is 7.20. The first kappa shape index (κ1) is 20.1. The van der Waals surface area contributed by atoms with Gasteiger partial charge in [0.15, 0.2) is 0 Å². The van der Waals surface area contributed by atoms with Gasteiger partial charge in [0, 0.05) is 28.7 Å². The number of aryl methyl sites for hydroxylation is 1. The highest BCUT2D eigenvalue weighted by Crippen LogP contribution is 2.47. The molecule has 7 heteroatoms. The summed E-state index contributed by atoms with van der Waals surface area (Å²) in [5, 5.41) is 10.7. The Morgan fingerprint density at radius 2 is 1.90 bits per heavy atom. The van der Waals surface area contributed by atoms with Crippen LogP contribution in [0.4, 0.5) is 0 Å². The quantitative estimate of drug-likeness (QED) is 0.510. The summed E-state index contributed by atoms with van der Waals surface area (Å²) in [5.41, 5.74) is 8.83. The first-order chi connectivity index (χ1) is 14.8. The van der Waals surface area contributed by atoms with Crippen molar-refractivity contribution in [2.75, 3.05) is 0 Å². The van der Waals surface area contributed by atoms with E-state index in [9.17, 15) is 9.90 Å². The Hall–Kier alpha value is -2.87. The monoisotopic (exact) mass is 432 g/mol. The fraction of sp³-hybridized carbons (Fsp3) is 0.292. The molecule has 5 rings (SSSR count). The van der Waals surface area contributed by atoms with Crippen LogP contribution in [0.3, 0.4) is 0 Å². The normalized spacial score (nSPS) is 23.1. The van der Waals surface area contributed by atoms with E-state index in [4.69, 9.17) is 5.73 Å². The average Bonchev–Trinajstić information content (AvgIpc) is 3.14. The maximum Gasteiger partial charge on any atom is 0.262 e. The van der Waals surface area contributed by atoms with Crippen LogP contribution in [0.2, 0.25) is 0 Å². The first-order valence-corrected chi connectivity index (χ1v) is 11.2. The molecule has 0 radical (unpaired) electrons. The fourth-order valence-corrected chi connectivity index (χ4v) is 5.82. The number of fused-ring (bicyclic) bond motifs is 1. The molecule has 0 unspecified atom stereocenters. The third-order valence-electron chi connectivity index (χ3n) is 6.06. The van der Waals surface area contributed by atoms with Crippen LogP contribution in [0, 0.1) is 0 Å². The lowest BCUT2D eigenvalue weighted by Gasteiger charge is -2.49. The molecule has 4 aromatic rings. The minimum atomic E-state index is -0.699. The topological polar surface area (TPSA) is 94.0 Å². The predicted molar refractivity (Wildman–Crippen MR) is 124 cm³/mol. The Bertz CT molecular complexity index is 1320. The zero-order chi connectivity index (χ0) is 21.8. The third kappa shape index (κ3) is 3.29. The molecule has 3 heterocycles. The van der Waals surface area contributed by atoms with Crippen molar-refractivity contribution >= 4 is 21.6 Å². The van der Waals surface area contributed by atoms with Crippen molar-refractivity contribution in [1.82, 2.24) is 14.5 Å². The average molecular weight is 433 g/mol. The van der Waals surface area contributed by atoms with Gasteiger partial charge in [-0.3, -0.25) is 14.3 Å².